The lowest BCUT2D eigenvalue weighted by Crippen LogP contribution is -2.15. The van der Waals surface area contributed by atoms with Crippen molar-refractivity contribution in [2.24, 2.45) is 11.8 Å². The van der Waals surface area contributed by atoms with Crippen LogP contribution in [0.5, 0.6) is 0 Å². The van der Waals surface area contributed by atoms with Gasteiger partial charge in [0.05, 0.1) is 6.33 Å². The lowest BCUT2D eigenvalue weighted by molar-refractivity contribution is 0.250. The van der Waals surface area contributed by atoms with Crippen molar-refractivity contribution in [3.8, 4) is 0 Å². The molecule has 1 fully saturated rings. The third-order valence-electron chi connectivity index (χ3n) is 5.49. The van der Waals surface area contributed by atoms with Crippen molar-refractivity contribution in [2.45, 2.75) is 77.6 Å². The normalized spacial score (nSPS) is 21.8. The standard InChI is InChI=1S/C22H33F/c1-2-3-6-19-8-12-21(13-9-19)16-17-22-14-10-20(11-15-22)7-4-5-18-23/h5,10-11,14-15,18-19,21H,2-4,6-9,12-13,16-17H2,1H3/b18-5+/t19-,21-. The monoisotopic (exact) mass is 316 g/mol. The molecular weight excluding hydrogens is 283 g/mol. The summed E-state index contributed by atoms with van der Waals surface area (Å²) in [5.41, 5.74) is 2.77. The van der Waals surface area contributed by atoms with Crippen LogP contribution in [0.2, 0.25) is 0 Å². The summed E-state index contributed by atoms with van der Waals surface area (Å²) in [4.78, 5) is 0. The molecule has 0 radical (unpaired) electrons. The van der Waals surface area contributed by atoms with E-state index in [-0.39, 0.29) is 0 Å². The van der Waals surface area contributed by atoms with Crippen LogP contribution in [-0.2, 0) is 12.8 Å². The highest BCUT2D eigenvalue weighted by atomic mass is 19.1. The van der Waals surface area contributed by atoms with Gasteiger partial charge in [0, 0.05) is 0 Å². The summed E-state index contributed by atoms with van der Waals surface area (Å²) in [6.07, 6.45) is 16.6. The molecule has 1 heteroatoms. The maximum atomic E-state index is 11.9. The Bertz CT molecular complexity index is 438. The SMILES string of the molecule is CCCC[C@H]1CC[C@H](CCc2ccc(CC/C=C/F)cc2)CC1. The molecule has 0 unspecified atom stereocenters. The largest absolute Gasteiger partial charge is 0.216 e. The smallest absolute Gasteiger partial charge is 0.0827 e. The van der Waals surface area contributed by atoms with Crippen molar-refractivity contribution in [1.29, 1.82) is 0 Å². The Morgan fingerprint density at radius 2 is 1.48 bits per heavy atom. The number of rotatable bonds is 9. The number of hydrogen-bond acceptors (Lipinski definition) is 0. The van der Waals surface area contributed by atoms with Gasteiger partial charge in [0.1, 0.15) is 0 Å². The zero-order valence-electron chi connectivity index (χ0n) is 14.8. The minimum absolute atomic E-state index is 0.644. The Morgan fingerprint density at radius 1 is 0.913 bits per heavy atom. The summed E-state index contributed by atoms with van der Waals surface area (Å²) in [6.45, 7) is 2.30. The fourth-order valence-corrected chi connectivity index (χ4v) is 3.86. The maximum absolute atomic E-state index is 11.9. The predicted octanol–water partition coefficient (Wildman–Crippen LogP) is 7.03. The molecule has 0 bridgehead atoms. The molecule has 128 valence electrons. The van der Waals surface area contributed by atoms with Gasteiger partial charge in [-0.15, -0.1) is 0 Å². The summed E-state index contributed by atoms with van der Waals surface area (Å²) in [6, 6.07) is 8.95. The van der Waals surface area contributed by atoms with Crippen molar-refractivity contribution in [2.75, 3.05) is 0 Å². The van der Waals surface area contributed by atoms with E-state index in [4.69, 9.17) is 0 Å². The molecule has 0 saturated heterocycles. The van der Waals surface area contributed by atoms with Crippen LogP contribution in [0.3, 0.4) is 0 Å². The van der Waals surface area contributed by atoms with E-state index in [1.165, 1.54) is 68.9 Å². The van der Waals surface area contributed by atoms with Crippen molar-refractivity contribution in [1.82, 2.24) is 0 Å². The molecule has 1 aromatic carbocycles. The minimum atomic E-state index is 0.644. The van der Waals surface area contributed by atoms with Crippen LogP contribution in [0.4, 0.5) is 4.39 Å². The number of halogens is 1. The predicted molar refractivity (Wildman–Crippen MR) is 98.3 cm³/mol. The highest BCUT2D eigenvalue weighted by Gasteiger charge is 2.20. The van der Waals surface area contributed by atoms with Gasteiger partial charge in [-0.25, -0.2) is 4.39 Å². The molecule has 0 aliphatic heterocycles. The minimum Gasteiger partial charge on any atom is -0.216 e. The average molecular weight is 317 g/mol. The van der Waals surface area contributed by atoms with Crippen LogP contribution in [0.15, 0.2) is 36.7 Å². The van der Waals surface area contributed by atoms with E-state index in [1.807, 2.05) is 0 Å². The average Bonchev–Trinajstić information content (AvgIpc) is 2.60. The van der Waals surface area contributed by atoms with Crippen LogP contribution in [-0.4, -0.2) is 0 Å². The zero-order chi connectivity index (χ0) is 16.3. The van der Waals surface area contributed by atoms with E-state index in [9.17, 15) is 4.39 Å². The van der Waals surface area contributed by atoms with E-state index >= 15 is 0 Å². The summed E-state index contributed by atoms with van der Waals surface area (Å²) < 4.78 is 11.9. The van der Waals surface area contributed by atoms with Gasteiger partial charge in [0.25, 0.3) is 0 Å². The first kappa shape index (κ1) is 18.2. The first-order valence-corrected chi connectivity index (χ1v) is 9.64. The maximum Gasteiger partial charge on any atom is 0.0827 e. The van der Waals surface area contributed by atoms with Crippen molar-refractivity contribution in [3.63, 3.8) is 0 Å². The molecule has 2 rings (SSSR count). The van der Waals surface area contributed by atoms with E-state index in [1.54, 1.807) is 6.08 Å². The number of benzene rings is 1. The molecule has 1 aromatic rings. The van der Waals surface area contributed by atoms with Gasteiger partial charge in [0.15, 0.2) is 0 Å². The third kappa shape index (κ3) is 6.89. The van der Waals surface area contributed by atoms with Crippen LogP contribution >= 0.6 is 0 Å². The Labute approximate surface area is 142 Å². The van der Waals surface area contributed by atoms with Gasteiger partial charge in [0.2, 0.25) is 0 Å². The molecular formula is C22H33F. The van der Waals surface area contributed by atoms with Crippen LogP contribution in [0.25, 0.3) is 0 Å². The quantitative estimate of drug-likeness (QED) is 0.458. The van der Waals surface area contributed by atoms with E-state index in [0.717, 1.165) is 24.7 Å². The molecule has 0 amide bonds. The van der Waals surface area contributed by atoms with E-state index in [2.05, 4.69) is 31.2 Å². The molecule has 0 spiro atoms. The first-order valence-electron chi connectivity index (χ1n) is 9.64. The van der Waals surface area contributed by atoms with Gasteiger partial charge in [-0.1, -0.05) is 82.2 Å². The highest BCUT2D eigenvalue weighted by Crippen LogP contribution is 2.34. The fraction of sp³-hybridized carbons (Fsp3) is 0.636. The second-order valence-electron chi connectivity index (χ2n) is 7.28. The highest BCUT2D eigenvalue weighted by molar-refractivity contribution is 5.23. The van der Waals surface area contributed by atoms with Crippen molar-refractivity contribution >= 4 is 0 Å². The third-order valence-corrected chi connectivity index (χ3v) is 5.49. The molecule has 1 aliphatic rings. The summed E-state index contributed by atoms with van der Waals surface area (Å²) in [7, 11) is 0. The molecule has 0 N–H and O–H groups in total. The summed E-state index contributed by atoms with van der Waals surface area (Å²) >= 11 is 0. The van der Waals surface area contributed by atoms with Gasteiger partial charge < -0.3 is 0 Å². The van der Waals surface area contributed by atoms with Gasteiger partial charge in [-0.05, 0) is 48.6 Å². The zero-order valence-corrected chi connectivity index (χ0v) is 14.8. The number of unbranched alkanes of at least 4 members (excludes halogenated alkanes) is 1. The summed E-state index contributed by atoms with van der Waals surface area (Å²) in [5, 5.41) is 0. The molecule has 0 heterocycles. The number of allylic oxidation sites excluding steroid dienone is 1. The second kappa shape index (κ2) is 10.6. The Hall–Kier alpha value is -1.11. The van der Waals surface area contributed by atoms with Crippen molar-refractivity contribution in [3.05, 3.63) is 47.8 Å². The number of aryl methyl sites for hydroxylation is 2. The first-order chi connectivity index (χ1) is 11.3. The molecule has 1 aliphatic carbocycles. The van der Waals surface area contributed by atoms with Crippen LogP contribution < -0.4 is 0 Å². The number of hydrogen-bond donors (Lipinski definition) is 0. The lowest BCUT2D eigenvalue weighted by atomic mass is 9.78. The van der Waals surface area contributed by atoms with E-state index < -0.39 is 0 Å². The Balaban J connectivity index is 1.66. The second-order valence-corrected chi connectivity index (χ2v) is 7.28. The Morgan fingerprint density at radius 3 is 2.04 bits per heavy atom. The molecule has 0 atom stereocenters. The van der Waals surface area contributed by atoms with Crippen molar-refractivity contribution < 1.29 is 4.39 Å². The fourth-order valence-electron chi connectivity index (χ4n) is 3.86. The lowest BCUT2D eigenvalue weighted by Gasteiger charge is -2.28. The summed E-state index contributed by atoms with van der Waals surface area (Å²) in [5.74, 6) is 1.96. The topological polar surface area (TPSA) is 0 Å². The molecule has 0 nitrogen and oxygen atoms in total. The molecule has 23 heavy (non-hydrogen) atoms. The van der Waals surface area contributed by atoms with Gasteiger partial charge >= 0.3 is 0 Å². The Kier molecular flexibility index (Phi) is 8.42. The molecule has 1 saturated carbocycles. The van der Waals surface area contributed by atoms with Crippen LogP contribution in [0.1, 0.15) is 75.8 Å². The molecule has 0 aromatic heterocycles. The van der Waals surface area contributed by atoms with E-state index in [0.29, 0.717) is 6.33 Å². The van der Waals surface area contributed by atoms with Gasteiger partial charge in [-0.3, -0.25) is 0 Å². The van der Waals surface area contributed by atoms with Crippen LogP contribution in [0, 0.1) is 11.8 Å². The van der Waals surface area contributed by atoms with Gasteiger partial charge in [-0.2, -0.15) is 0 Å².